The van der Waals surface area contributed by atoms with Crippen molar-refractivity contribution >= 4 is 17.1 Å². The highest BCUT2D eigenvalue weighted by Gasteiger charge is 1.86. The third-order valence-electron chi connectivity index (χ3n) is 0.789. The van der Waals surface area contributed by atoms with Crippen LogP contribution in [0, 0.1) is 0 Å². The van der Waals surface area contributed by atoms with Gasteiger partial charge in [0.1, 0.15) is 5.78 Å². The molecule has 0 aliphatic carbocycles. The number of rotatable bonds is 2. The summed E-state index contributed by atoms with van der Waals surface area (Å²) in [5.41, 5.74) is 0. The molecule has 5 heteroatoms. The van der Waals surface area contributed by atoms with Crippen molar-refractivity contribution in [3.8, 4) is 0 Å². The van der Waals surface area contributed by atoms with Gasteiger partial charge in [-0.3, -0.25) is 13.9 Å². The van der Waals surface area contributed by atoms with Gasteiger partial charge in [-0.1, -0.05) is 13.8 Å². The Hall–Kier alpha value is -0.260. The lowest BCUT2D eigenvalue weighted by Gasteiger charge is -1.81. The van der Waals surface area contributed by atoms with Crippen molar-refractivity contribution in [1.29, 1.82) is 0 Å². The Kier molecular flexibility index (Phi) is 10.9. The van der Waals surface area contributed by atoms with Crippen molar-refractivity contribution in [2.45, 2.75) is 26.7 Å². The lowest BCUT2D eigenvalue weighted by molar-refractivity contribution is -0.118. The largest absolute Gasteiger partial charge is 0.300 e. The minimum absolute atomic E-state index is 0.343. The molecule has 62 valence electrons. The molecule has 0 bridgehead atoms. The smallest absolute Gasteiger partial charge is 0.299 e. The SMILES string of the molecule is CCC(=O)CC.O=S(O)O. The summed E-state index contributed by atoms with van der Waals surface area (Å²) < 4.78 is 22.8. The number of hydrogen-bond acceptors (Lipinski definition) is 2. The number of carbonyl (C=O) groups is 1. The first-order chi connectivity index (χ1) is 4.54. The molecule has 0 aromatic rings. The van der Waals surface area contributed by atoms with Gasteiger partial charge in [0.15, 0.2) is 0 Å². The summed E-state index contributed by atoms with van der Waals surface area (Å²) >= 11 is -2.61. The second-order valence-corrected chi connectivity index (χ2v) is 1.94. The molecule has 0 spiro atoms. The van der Waals surface area contributed by atoms with Gasteiger partial charge in [-0.05, 0) is 0 Å². The fraction of sp³-hybridized carbons (Fsp3) is 0.800. The number of hydrogen-bond donors (Lipinski definition) is 2. The summed E-state index contributed by atoms with van der Waals surface area (Å²) in [7, 11) is 0. The minimum atomic E-state index is -2.61. The molecule has 0 fully saturated rings. The standard InChI is InChI=1S/C5H10O.H2O3S/c1-3-5(6)4-2;1-4(2)3/h3-4H2,1-2H3;(H2,1,2,3). The molecule has 0 atom stereocenters. The Morgan fingerprint density at radius 3 is 1.50 bits per heavy atom. The molecule has 0 aliphatic heterocycles. The third-order valence-corrected chi connectivity index (χ3v) is 0.789. The summed E-state index contributed by atoms with van der Waals surface area (Å²) in [6.07, 6.45) is 1.38. The Bertz CT molecular complexity index is 102. The van der Waals surface area contributed by atoms with E-state index in [1.54, 1.807) is 0 Å². The Balaban J connectivity index is 0. The topological polar surface area (TPSA) is 74.6 Å². The summed E-state index contributed by atoms with van der Waals surface area (Å²) in [6, 6.07) is 0. The van der Waals surface area contributed by atoms with Crippen molar-refractivity contribution < 1.29 is 18.1 Å². The van der Waals surface area contributed by atoms with Crippen molar-refractivity contribution in [2.75, 3.05) is 0 Å². The fourth-order valence-electron chi connectivity index (χ4n) is 0.250. The molecule has 10 heavy (non-hydrogen) atoms. The average molecular weight is 168 g/mol. The van der Waals surface area contributed by atoms with Gasteiger partial charge in [0.25, 0.3) is 11.4 Å². The van der Waals surface area contributed by atoms with Gasteiger partial charge in [0.2, 0.25) is 0 Å². The van der Waals surface area contributed by atoms with Gasteiger partial charge in [0.05, 0.1) is 0 Å². The van der Waals surface area contributed by atoms with Crippen molar-refractivity contribution in [3.63, 3.8) is 0 Å². The van der Waals surface area contributed by atoms with Gasteiger partial charge in [-0.15, -0.1) is 0 Å². The van der Waals surface area contributed by atoms with Crippen molar-refractivity contribution in [1.82, 2.24) is 0 Å². The van der Waals surface area contributed by atoms with Crippen LogP contribution in [-0.2, 0) is 16.2 Å². The molecule has 0 heterocycles. The van der Waals surface area contributed by atoms with E-state index in [0.29, 0.717) is 18.6 Å². The molecule has 0 saturated heterocycles. The summed E-state index contributed by atoms with van der Waals surface area (Å²) in [5, 5.41) is 0. The van der Waals surface area contributed by atoms with Crippen LogP contribution < -0.4 is 0 Å². The molecule has 0 aliphatic rings. The van der Waals surface area contributed by atoms with Crippen molar-refractivity contribution in [3.05, 3.63) is 0 Å². The second-order valence-electron chi connectivity index (χ2n) is 1.48. The van der Waals surface area contributed by atoms with E-state index in [2.05, 4.69) is 0 Å². The molecule has 0 radical (unpaired) electrons. The van der Waals surface area contributed by atoms with Crippen LogP contribution in [0.5, 0.6) is 0 Å². The Morgan fingerprint density at radius 1 is 1.30 bits per heavy atom. The predicted molar refractivity (Wildman–Crippen MR) is 39.0 cm³/mol. The molecule has 0 amide bonds. The second kappa shape index (κ2) is 8.74. The Labute approximate surface area is 62.7 Å². The predicted octanol–water partition coefficient (Wildman–Crippen LogP) is 1.06. The van der Waals surface area contributed by atoms with Gasteiger partial charge in [-0.2, -0.15) is 4.21 Å². The zero-order valence-corrected chi connectivity index (χ0v) is 6.85. The van der Waals surface area contributed by atoms with Gasteiger partial charge in [-0.25, -0.2) is 0 Å². The van der Waals surface area contributed by atoms with Gasteiger partial charge in [0, 0.05) is 12.8 Å². The number of ketones is 1. The summed E-state index contributed by atoms with van der Waals surface area (Å²) in [5.74, 6) is 0.343. The third kappa shape index (κ3) is 25.1. The van der Waals surface area contributed by atoms with Crippen LogP contribution in [0.25, 0.3) is 0 Å². The van der Waals surface area contributed by atoms with E-state index in [9.17, 15) is 4.79 Å². The van der Waals surface area contributed by atoms with Crippen LogP contribution in [0.2, 0.25) is 0 Å². The normalized spacial score (nSPS) is 8.50. The minimum Gasteiger partial charge on any atom is -0.300 e. The van der Waals surface area contributed by atoms with E-state index >= 15 is 0 Å². The molecule has 2 N–H and O–H groups in total. The van der Waals surface area contributed by atoms with E-state index in [1.165, 1.54) is 0 Å². The van der Waals surface area contributed by atoms with Crippen LogP contribution in [0.3, 0.4) is 0 Å². The van der Waals surface area contributed by atoms with E-state index in [4.69, 9.17) is 13.3 Å². The van der Waals surface area contributed by atoms with Crippen molar-refractivity contribution in [2.24, 2.45) is 0 Å². The highest BCUT2D eigenvalue weighted by molar-refractivity contribution is 7.73. The maximum Gasteiger partial charge on any atom is 0.299 e. The highest BCUT2D eigenvalue weighted by Crippen LogP contribution is 1.83. The average Bonchev–Trinajstić information content (AvgIpc) is 1.85. The lowest BCUT2D eigenvalue weighted by Crippen LogP contribution is -1.88. The monoisotopic (exact) mass is 168 g/mol. The summed E-state index contributed by atoms with van der Waals surface area (Å²) in [4.78, 5) is 10.2. The van der Waals surface area contributed by atoms with E-state index < -0.39 is 11.4 Å². The Morgan fingerprint density at radius 2 is 1.50 bits per heavy atom. The highest BCUT2D eigenvalue weighted by atomic mass is 32.2. The molecule has 0 aromatic heterocycles. The molecular formula is C5H12O4S. The zero-order chi connectivity index (χ0) is 8.57. The quantitative estimate of drug-likeness (QED) is 0.604. The first-order valence-electron chi connectivity index (χ1n) is 2.86. The molecular weight excluding hydrogens is 156 g/mol. The van der Waals surface area contributed by atoms with E-state index in [1.807, 2.05) is 13.8 Å². The van der Waals surface area contributed by atoms with Crippen LogP contribution in [-0.4, -0.2) is 19.1 Å². The van der Waals surface area contributed by atoms with Crippen LogP contribution >= 0.6 is 0 Å². The van der Waals surface area contributed by atoms with E-state index in [-0.39, 0.29) is 0 Å². The van der Waals surface area contributed by atoms with Gasteiger partial charge < -0.3 is 0 Å². The van der Waals surface area contributed by atoms with Crippen LogP contribution in [0.4, 0.5) is 0 Å². The fourth-order valence-corrected chi connectivity index (χ4v) is 0.250. The number of Topliss-reactive ketones (excluding diaryl/α,β-unsaturated/α-hetero) is 1. The number of carbonyl (C=O) groups excluding carboxylic acids is 1. The van der Waals surface area contributed by atoms with Crippen LogP contribution in [0.15, 0.2) is 0 Å². The zero-order valence-electron chi connectivity index (χ0n) is 6.03. The molecule has 0 rings (SSSR count). The maximum atomic E-state index is 10.2. The van der Waals surface area contributed by atoms with Gasteiger partial charge >= 0.3 is 0 Å². The van der Waals surface area contributed by atoms with E-state index in [0.717, 1.165) is 0 Å². The molecule has 0 saturated carbocycles. The summed E-state index contributed by atoms with van der Waals surface area (Å²) in [6.45, 7) is 3.76. The molecule has 4 nitrogen and oxygen atoms in total. The molecule has 0 unspecified atom stereocenters. The van der Waals surface area contributed by atoms with Crippen LogP contribution in [0.1, 0.15) is 26.7 Å². The molecule has 0 aromatic carbocycles. The first-order valence-corrected chi connectivity index (χ1v) is 3.92. The maximum absolute atomic E-state index is 10.2. The lowest BCUT2D eigenvalue weighted by atomic mass is 10.3. The first kappa shape index (κ1) is 12.4.